The van der Waals surface area contributed by atoms with Gasteiger partial charge in [-0.3, -0.25) is 9.59 Å². The van der Waals surface area contributed by atoms with E-state index in [1.54, 1.807) is 48.2 Å². The Morgan fingerprint density at radius 2 is 2.07 bits per heavy atom. The molecule has 1 atom stereocenters. The summed E-state index contributed by atoms with van der Waals surface area (Å²) in [5.41, 5.74) is 2.43. The van der Waals surface area contributed by atoms with Gasteiger partial charge in [0.1, 0.15) is 17.4 Å². The molecule has 1 aliphatic rings. The molecule has 1 fully saturated rings. The van der Waals surface area contributed by atoms with Crippen LogP contribution in [0.4, 0.5) is 4.39 Å². The summed E-state index contributed by atoms with van der Waals surface area (Å²) in [5.74, 6) is -0.309. The van der Waals surface area contributed by atoms with Crippen LogP contribution >= 0.6 is 0 Å². The summed E-state index contributed by atoms with van der Waals surface area (Å²) in [6.07, 6.45) is 1.76. The van der Waals surface area contributed by atoms with Crippen LogP contribution in [0.2, 0.25) is 0 Å². The number of hydrogen-bond donors (Lipinski definition) is 0. The van der Waals surface area contributed by atoms with Gasteiger partial charge in [-0.2, -0.15) is 0 Å². The number of nitrogens with zero attached hydrogens (tertiary/aromatic N) is 2. The third-order valence-corrected chi connectivity index (χ3v) is 5.30. The molecule has 0 saturated carbocycles. The fourth-order valence-corrected chi connectivity index (χ4v) is 3.86. The molecular weight excluding hydrogens is 387 g/mol. The predicted molar refractivity (Wildman–Crippen MR) is 109 cm³/mol. The lowest BCUT2D eigenvalue weighted by Gasteiger charge is -2.22. The van der Waals surface area contributed by atoms with E-state index in [9.17, 15) is 14.0 Å². The monoisotopic (exact) mass is 410 g/mol. The zero-order valence-electron chi connectivity index (χ0n) is 16.8. The molecule has 4 rings (SSSR count). The van der Waals surface area contributed by atoms with Gasteiger partial charge in [0.05, 0.1) is 13.0 Å². The molecule has 7 heteroatoms. The van der Waals surface area contributed by atoms with Gasteiger partial charge in [-0.15, -0.1) is 0 Å². The molecule has 0 N–H and O–H groups in total. The zero-order chi connectivity index (χ0) is 21.1. The maximum atomic E-state index is 14.1. The Hall–Kier alpha value is -3.22. The first kappa shape index (κ1) is 20.1. The molecule has 156 valence electrons. The highest BCUT2D eigenvalue weighted by Gasteiger charge is 2.33. The van der Waals surface area contributed by atoms with Crippen LogP contribution in [0.15, 0.2) is 46.9 Å². The Bertz CT molecular complexity index is 1080. The number of oxazole rings is 1. The van der Waals surface area contributed by atoms with Gasteiger partial charge < -0.3 is 14.1 Å². The Kier molecular flexibility index (Phi) is 5.79. The lowest BCUT2D eigenvalue weighted by molar-refractivity contribution is -0.146. The van der Waals surface area contributed by atoms with Gasteiger partial charge >= 0.3 is 5.97 Å². The van der Waals surface area contributed by atoms with E-state index in [1.165, 1.54) is 6.07 Å². The number of fused-ring (bicyclic) bond motifs is 1. The van der Waals surface area contributed by atoms with E-state index in [-0.39, 0.29) is 36.6 Å². The van der Waals surface area contributed by atoms with Gasteiger partial charge in [0.25, 0.3) is 0 Å². The van der Waals surface area contributed by atoms with E-state index in [0.717, 1.165) is 12.8 Å². The largest absolute Gasteiger partial charge is 0.466 e. The summed E-state index contributed by atoms with van der Waals surface area (Å²) >= 11 is 0. The number of carbonyl (C=O) groups is 2. The SMILES string of the molecule is CCOC(=O)CCC(=O)N1CCC[C@@H]1c1nc2cc(-c3ccccc3F)ccc2o1. The van der Waals surface area contributed by atoms with Crippen LogP contribution in [-0.2, 0) is 14.3 Å². The van der Waals surface area contributed by atoms with Crippen LogP contribution in [0.1, 0.15) is 44.5 Å². The van der Waals surface area contributed by atoms with Crippen molar-refractivity contribution in [3.63, 3.8) is 0 Å². The third kappa shape index (κ3) is 4.06. The van der Waals surface area contributed by atoms with Crippen molar-refractivity contribution in [1.82, 2.24) is 9.88 Å². The minimum absolute atomic E-state index is 0.0649. The van der Waals surface area contributed by atoms with Crippen molar-refractivity contribution >= 4 is 23.0 Å². The smallest absolute Gasteiger partial charge is 0.306 e. The second kappa shape index (κ2) is 8.65. The summed E-state index contributed by atoms with van der Waals surface area (Å²) < 4.78 is 24.9. The Balaban J connectivity index is 1.54. The number of amides is 1. The maximum Gasteiger partial charge on any atom is 0.306 e. The van der Waals surface area contributed by atoms with Crippen molar-refractivity contribution in [2.75, 3.05) is 13.2 Å². The molecule has 0 aliphatic carbocycles. The minimum atomic E-state index is -0.371. The van der Waals surface area contributed by atoms with Gasteiger partial charge in [0.15, 0.2) is 5.58 Å². The number of halogens is 1. The summed E-state index contributed by atoms with van der Waals surface area (Å²) in [5, 5.41) is 0. The molecule has 0 unspecified atom stereocenters. The van der Waals surface area contributed by atoms with Crippen LogP contribution in [0.5, 0.6) is 0 Å². The van der Waals surface area contributed by atoms with Gasteiger partial charge in [0.2, 0.25) is 11.8 Å². The molecule has 3 aromatic rings. The molecule has 1 amide bonds. The normalized spacial score (nSPS) is 16.2. The zero-order valence-corrected chi connectivity index (χ0v) is 16.8. The molecule has 2 heterocycles. The second-order valence-electron chi connectivity index (χ2n) is 7.26. The predicted octanol–water partition coefficient (Wildman–Crippen LogP) is 4.64. The summed E-state index contributed by atoms with van der Waals surface area (Å²) in [6, 6.07) is 11.7. The molecule has 2 aromatic carbocycles. The minimum Gasteiger partial charge on any atom is -0.466 e. The maximum absolute atomic E-state index is 14.1. The van der Waals surface area contributed by atoms with Crippen LogP contribution in [0.3, 0.4) is 0 Å². The summed E-state index contributed by atoms with van der Waals surface area (Å²) in [4.78, 5) is 30.5. The van der Waals surface area contributed by atoms with Crippen molar-refractivity contribution < 1.29 is 23.1 Å². The fourth-order valence-electron chi connectivity index (χ4n) is 3.86. The van der Waals surface area contributed by atoms with E-state index >= 15 is 0 Å². The van der Waals surface area contributed by atoms with Crippen molar-refractivity contribution in [3.05, 3.63) is 54.2 Å². The topological polar surface area (TPSA) is 72.6 Å². The van der Waals surface area contributed by atoms with E-state index in [2.05, 4.69) is 4.98 Å². The highest BCUT2D eigenvalue weighted by molar-refractivity contribution is 5.83. The van der Waals surface area contributed by atoms with Gasteiger partial charge in [-0.05, 0) is 43.5 Å². The lowest BCUT2D eigenvalue weighted by Crippen LogP contribution is -2.31. The van der Waals surface area contributed by atoms with E-state index in [0.29, 0.717) is 41.3 Å². The molecule has 0 spiro atoms. The van der Waals surface area contributed by atoms with Crippen molar-refractivity contribution in [3.8, 4) is 11.1 Å². The Morgan fingerprint density at radius 1 is 1.23 bits per heavy atom. The van der Waals surface area contributed by atoms with Crippen LogP contribution in [0, 0.1) is 5.82 Å². The average molecular weight is 410 g/mol. The average Bonchev–Trinajstić information content (AvgIpc) is 3.39. The summed E-state index contributed by atoms with van der Waals surface area (Å²) in [6.45, 7) is 2.64. The van der Waals surface area contributed by atoms with Crippen molar-refractivity contribution in [2.45, 2.75) is 38.6 Å². The molecular formula is C23H23FN2O4. The number of likely N-dealkylation sites (tertiary alicyclic amines) is 1. The molecule has 6 nitrogen and oxygen atoms in total. The van der Waals surface area contributed by atoms with Crippen LogP contribution < -0.4 is 0 Å². The lowest BCUT2D eigenvalue weighted by atomic mass is 10.0. The Morgan fingerprint density at radius 3 is 2.87 bits per heavy atom. The number of carbonyl (C=O) groups excluding carboxylic acids is 2. The molecule has 1 aliphatic heterocycles. The first-order valence-corrected chi connectivity index (χ1v) is 10.2. The number of benzene rings is 2. The number of aromatic nitrogens is 1. The fraction of sp³-hybridized carbons (Fsp3) is 0.348. The quantitative estimate of drug-likeness (QED) is 0.554. The number of rotatable bonds is 6. The van der Waals surface area contributed by atoms with Crippen molar-refractivity contribution in [1.29, 1.82) is 0 Å². The number of hydrogen-bond acceptors (Lipinski definition) is 5. The van der Waals surface area contributed by atoms with E-state index in [1.807, 2.05) is 0 Å². The second-order valence-corrected chi connectivity index (χ2v) is 7.26. The highest BCUT2D eigenvalue weighted by Crippen LogP contribution is 2.35. The summed E-state index contributed by atoms with van der Waals surface area (Å²) in [7, 11) is 0. The van der Waals surface area contributed by atoms with Gasteiger partial charge in [-0.1, -0.05) is 24.3 Å². The molecule has 0 bridgehead atoms. The van der Waals surface area contributed by atoms with Crippen LogP contribution in [-0.4, -0.2) is 34.9 Å². The first-order chi connectivity index (χ1) is 14.6. The first-order valence-electron chi connectivity index (χ1n) is 10.2. The molecule has 30 heavy (non-hydrogen) atoms. The van der Waals surface area contributed by atoms with E-state index < -0.39 is 0 Å². The highest BCUT2D eigenvalue weighted by atomic mass is 19.1. The number of ether oxygens (including phenoxy) is 1. The van der Waals surface area contributed by atoms with Gasteiger partial charge in [-0.25, -0.2) is 9.37 Å². The standard InChI is InChI=1S/C23H23FN2O4/c1-2-29-22(28)12-11-21(27)26-13-5-8-19(26)23-25-18-14-15(9-10-20(18)30-23)16-6-3-4-7-17(16)24/h3-4,6-7,9-10,14,19H,2,5,8,11-13H2,1H3/t19-/m1/s1. The molecule has 1 aromatic heterocycles. The number of esters is 1. The Labute approximate surface area is 173 Å². The van der Waals surface area contributed by atoms with Gasteiger partial charge in [0, 0.05) is 18.5 Å². The molecule has 1 saturated heterocycles. The van der Waals surface area contributed by atoms with E-state index in [4.69, 9.17) is 9.15 Å². The van der Waals surface area contributed by atoms with Crippen molar-refractivity contribution in [2.24, 2.45) is 0 Å². The molecule has 0 radical (unpaired) electrons. The third-order valence-electron chi connectivity index (χ3n) is 5.30. The van der Waals surface area contributed by atoms with Crippen LogP contribution in [0.25, 0.3) is 22.2 Å².